The number of ether oxygens (including phenoxy) is 3. The minimum absolute atomic E-state index is 0.0312. The van der Waals surface area contributed by atoms with Crippen molar-refractivity contribution in [2.24, 2.45) is 22.9 Å². The van der Waals surface area contributed by atoms with Gasteiger partial charge < -0.3 is 34.2 Å². The summed E-state index contributed by atoms with van der Waals surface area (Å²) in [7, 11) is 0. The summed E-state index contributed by atoms with van der Waals surface area (Å²) in [6.45, 7) is 10.5. The van der Waals surface area contributed by atoms with Crippen LogP contribution in [-0.2, 0) is 16.1 Å². The van der Waals surface area contributed by atoms with Crippen molar-refractivity contribution in [3.05, 3.63) is 156 Å². The number of oxime groups is 1. The van der Waals surface area contributed by atoms with Gasteiger partial charge in [0.25, 0.3) is 5.91 Å². The molecular weight excluding hydrogens is 871 g/mol. The molecular formula is C57H63N3O7S. The topological polar surface area (TPSA) is 134 Å². The first-order valence-corrected chi connectivity index (χ1v) is 25.1. The molecule has 0 radical (unpaired) electrons. The van der Waals surface area contributed by atoms with E-state index in [-0.39, 0.29) is 56.4 Å². The number of amides is 1. The van der Waals surface area contributed by atoms with Crippen LogP contribution in [0.25, 0.3) is 10.8 Å². The third-order valence-corrected chi connectivity index (χ3v) is 14.2. The van der Waals surface area contributed by atoms with E-state index in [2.05, 4.69) is 49.1 Å². The number of hydrogen-bond donors (Lipinski definition) is 2. The van der Waals surface area contributed by atoms with Gasteiger partial charge in [-0.3, -0.25) is 4.79 Å². The van der Waals surface area contributed by atoms with Crippen LogP contribution in [0.2, 0.25) is 0 Å². The molecule has 11 heteroatoms. The average Bonchev–Trinajstić information content (AvgIpc) is 3.35. The third kappa shape index (κ3) is 10.4. The number of thioether (sulfide) groups is 1. The van der Waals surface area contributed by atoms with Gasteiger partial charge in [0.05, 0.1) is 29.9 Å². The summed E-state index contributed by atoms with van der Waals surface area (Å²) in [5, 5.41) is 37.0. The molecule has 0 aromatic heterocycles. The molecule has 0 spiro atoms. The first-order valence-electron chi connectivity index (χ1n) is 23.9. The van der Waals surface area contributed by atoms with Crippen molar-refractivity contribution in [3.8, 4) is 23.3 Å². The lowest BCUT2D eigenvalue weighted by atomic mass is 9.55. The lowest BCUT2D eigenvalue weighted by Gasteiger charge is -2.60. The van der Waals surface area contributed by atoms with Crippen molar-refractivity contribution in [2.75, 3.05) is 26.1 Å². The number of unbranched alkanes of at least 4 members (excludes halogenated alkanes) is 2. The van der Waals surface area contributed by atoms with Crippen LogP contribution in [-0.4, -0.2) is 70.2 Å². The van der Waals surface area contributed by atoms with Crippen LogP contribution in [0.4, 0.5) is 0 Å². The fourth-order valence-electron chi connectivity index (χ4n) is 10.5. The molecule has 8 rings (SSSR count). The first-order chi connectivity index (χ1) is 33.0. The molecule has 5 aromatic rings. The summed E-state index contributed by atoms with van der Waals surface area (Å²) >= 11 is 1.67. The van der Waals surface area contributed by atoms with Gasteiger partial charge in [0.15, 0.2) is 0 Å². The van der Waals surface area contributed by atoms with Gasteiger partial charge in [-0.25, -0.2) is 0 Å². The molecule has 1 fully saturated rings. The molecule has 1 saturated carbocycles. The lowest BCUT2D eigenvalue weighted by molar-refractivity contribution is -0.255. The van der Waals surface area contributed by atoms with Crippen LogP contribution < -0.4 is 9.47 Å². The Hall–Kier alpha value is -5.90. The second-order valence-corrected chi connectivity index (χ2v) is 19.9. The standard InChI is InChI=1S/C57H63N3O7S/c1-6-32-64-57-52(60(55(63)40-22-20-38(36-58)21-23-40)37-42-17-13-16-39-14-7-8-18-46(39)42)35-50(59-67-56(2,3)4)48-33-41(15-9-11-30-61)47(19-10-12-31-62)53(54(48)57)49-34-44(26-29-51(49)66-57)65-43-24-27-45(68-5)28-25-43/h6-8,13-14,16-18,20-29,33-34,41,47,52-54,61-62H,1,9-12,15,19,30-32,35,37H2,2-5H3. The number of fused-ring (bicyclic) bond motifs is 3. The second kappa shape index (κ2) is 21.6. The van der Waals surface area contributed by atoms with Crippen LogP contribution in [0.15, 0.2) is 144 Å². The van der Waals surface area contributed by atoms with Crippen LogP contribution >= 0.6 is 11.8 Å². The normalized spacial score (nSPS) is 22.3. The summed E-state index contributed by atoms with van der Waals surface area (Å²) in [5.41, 5.74) is 3.82. The highest BCUT2D eigenvalue weighted by molar-refractivity contribution is 7.98. The summed E-state index contributed by atoms with van der Waals surface area (Å²) in [6, 6.07) is 36.6. The maximum atomic E-state index is 15.7. The number of carbonyl (C=O) groups is 1. The van der Waals surface area contributed by atoms with E-state index >= 15 is 4.79 Å². The number of nitrogens with zero attached hydrogens (tertiary/aromatic N) is 3. The SMILES string of the molecule is C=CCOC12Oc3ccc(Oc4ccc(SC)cc4)cc3C3C(CCCCO)C(CCCCO)C=C(C(=NOC(C)(C)C)CC1N(Cc1cccc4ccccc14)C(=O)c1ccc(C#N)cc1)C32. The van der Waals surface area contributed by atoms with Crippen molar-refractivity contribution in [1.29, 1.82) is 5.26 Å². The fraction of sp³-hybridized carbons (Fsp3) is 0.386. The van der Waals surface area contributed by atoms with Gasteiger partial charge in [-0.2, -0.15) is 5.26 Å². The fourth-order valence-corrected chi connectivity index (χ4v) is 10.9. The maximum absolute atomic E-state index is 15.7. The summed E-state index contributed by atoms with van der Waals surface area (Å²) in [5.74, 6) is -0.378. The van der Waals surface area contributed by atoms with Crippen molar-refractivity contribution < 1.29 is 34.1 Å². The first kappa shape index (κ1) is 48.6. The third-order valence-electron chi connectivity index (χ3n) is 13.5. The van der Waals surface area contributed by atoms with Crippen molar-refractivity contribution in [1.82, 2.24) is 4.90 Å². The van der Waals surface area contributed by atoms with Gasteiger partial charge in [0.1, 0.15) is 28.9 Å². The van der Waals surface area contributed by atoms with Crippen LogP contribution in [0.3, 0.4) is 0 Å². The number of hydrogen-bond acceptors (Lipinski definition) is 10. The molecule has 68 heavy (non-hydrogen) atoms. The van der Waals surface area contributed by atoms with E-state index in [0.717, 1.165) is 58.1 Å². The van der Waals surface area contributed by atoms with Gasteiger partial charge in [-0.1, -0.05) is 72.6 Å². The van der Waals surface area contributed by atoms with Gasteiger partial charge in [-0.05, 0) is 153 Å². The molecule has 2 N–H and O–H groups in total. The Balaban J connectivity index is 1.38. The monoisotopic (exact) mass is 933 g/mol. The zero-order chi connectivity index (χ0) is 47.8. The van der Waals surface area contributed by atoms with E-state index in [1.54, 1.807) is 42.1 Å². The number of allylic oxidation sites excluding steroid dienone is 1. The van der Waals surface area contributed by atoms with Gasteiger partial charge in [0.2, 0.25) is 5.79 Å². The molecule has 5 aromatic carbocycles. The van der Waals surface area contributed by atoms with E-state index in [9.17, 15) is 15.5 Å². The largest absolute Gasteiger partial charge is 0.459 e. The molecule has 6 atom stereocenters. The van der Waals surface area contributed by atoms with Gasteiger partial charge in [0, 0.05) is 48.1 Å². The summed E-state index contributed by atoms with van der Waals surface area (Å²) < 4.78 is 21.5. The molecule has 1 heterocycles. The number of aliphatic hydroxyl groups is 2. The molecule has 0 saturated heterocycles. The number of aliphatic hydroxyl groups excluding tert-OH is 2. The van der Waals surface area contributed by atoms with E-state index in [1.807, 2.05) is 86.5 Å². The number of rotatable bonds is 19. The minimum atomic E-state index is -1.48. The lowest BCUT2D eigenvalue weighted by Crippen LogP contribution is -2.70. The Morgan fingerprint density at radius 2 is 1.66 bits per heavy atom. The quantitative estimate of drug-likeness (QED) is 0.0359. The van der Waals surface area contributed by atoms with Gasteiger partial charge >= 0.3 is 0 Å². The summed E-state index contributed by atoms with van der Waals surface area (Å²) in [6.07, 6.45) is 10.9. The molecule has 1 aliphatic heterocycles. The zero-order valence-electron chi connectivity index (χ0n) is 39.6. The molecule has 2 aliphatic carbocycles. The predicted molar refractivity (Wildman–Crippen MR) is 269 cm³/mol. The molecule has 354 valence electrons. The average molecular weight is 934 g/mol. The van der Waals surface area contributed by atoms with Crippen LogP contribution in [0, 0.1) is 29.1 Å². The number of carbonyl (C=O) groups excluding carboxylic acids is 1. The summed E-state index contributed by atoms with van der Waals surface area (Å²) in [4.78, 5) is 25.1. The Kier molecular flexibility index (Phi) is 15.4. The number of nitriles is 1. The van der Waals surface area contributed by atoms with Crippen molar-refractivity contribution in [3.63, 3.8) is 0 Å². The van der Waals surface area contributed by atoms with E-state index < -0.39 is 23.3 Å². The zero-order valence-corrected chi connectivity index (χ0v) is 40.4. The van der Waals surface area contributed by atoms with E-state index in [1.165, 1.54) is 0 Å². The molecule has 10 nitrogen and oxygen atoms in total. The van der Waals surface area contributed by atoms with Crippen LogP contribution in [0.5, 0.6) is 17.2 Å². The maximum Gasteiger partial charge on any atom is 0.254 e. The van der Waals surface area contributed by atoms with Gasteiger partial charge in [-0.15, -0.1) is 18.3 Å². The Labute approximate surface area is 405 Å². The van der Waals surface area contributed by atoms with E-state index in [4.69, 9.17) is 24.2 Å². The van der Waals surface area contributed by atoms with Crippen LogP contribution in [0.1, 0.15) is 98.7 Å². The van der Waals surface area contributed by atoms with Crippen molar-refractivity contribution >= 4 is 34.2 Å². The minimum Gasteiger partial charge on any atom is -0.459 e. The Bertz CT molecular complexity index is 2660. The molecule has 0 bridgehead atoms. The Morgan fingerprint density at radius 1 is 0.941 bits per heavy atom. The predicted octanol–water partition coefficient (Wildman–Crippen LogP) is 12.0. The molecule has 3 aliphatic rings. The number of benzene rings is 5. The molecule has 1 amide bonds. The molecule has 6 unspecified atom stereocenters. The Morgan fingerprint density at radius 3 is 2.37 bits per heavy atom. The van der Waals surface area contributed by atoms with E-state index in [0.29, 0.717) is 46.9 Å². The highest BCUT2D eigenvalue weighted by Crippen LogP contribution is 2.62. The highest BCUT2D eigenvalue weighted by Gasteiger charge is 2.65. The van der Waals surface area contributed by atoms with Crippen molar-refractivity contribution in [2.45, 2.75) is 101 Å². The second-order valence-electron chi connectivity index (χ2n) is 19.0. The highest BCUT2D eigenvalue weighted by atomic mass is 32.2. The smallest absolute Gasteiger partial charge is 0.254 e.